The molecule has 1 aliphatic heterocycles. The second-order valence-corrected chi connectivity index (χ2v) is 5.67. The molecule has 2 heterocycles. The van der Waals surface area contributed by atoms with Crippen LogP contribution in [0.25, 0.3) is 0 Å². The Labute approximate surface area is 126 Å². The summed E-state index contributed by atoms with van der Waals surface area (Å²) in [5.74, 6) is 0.958. The van der Waals surface area contributed by atoms with E-state index in [1.54, 1.807) is 6.07 Å². The molecule has 6 nitrogen and oxygen atoms in total. The Morgan fingerprint density at radius 1 is 1.38 bits per heavy atom. The van der Waals surface area contributed by atoms with Gasteiger partial charge in [0.1, 0.15) is 11.6 Å². The summed E-state index contributed by atoms with van der Waals surface area (Å²) >= 11 is 1.38. The third kappa shape index (κ3) is 3.13. The minimum Gasteiger partial charge on any atom is -0.485 e. The van der Waals surface area contributed by atoms with Crippen LogP contribution >= 0.6 is 11.3 Å². The number of aryl methyl sites for hydroxylation is 1. The number of carbonyl (C=O) groups excluding carboxylic acids is 1. The smallest absolute Gasteiger partial charge is 0.270 e. The molecule has 1 N–H and O–H groups in total. The predicted molar refractivity (Wildman–Crippen MR) is 78.9 cm³/mol. The molecular formula is C14H15N3O3S. The molecule has 1 aliphatic rings. The second kappa shape index (κ2) is 6.09. The SMILES string of the molecule is CCCc1nnc(NC(=O)C2COc3ccccc3O2)s1. The Morgan fingerprint density at radius 2 is 2.19 bits per heavy atom. The molecule has 21 heavy (non-hydrogen) atoms. The molecule has 2 aromatic rings. The number of anilines is 1. The topological polar surface area (TPSA) is 73.3 Å². The number of benzene rings is 1. The van der Waals surface area contributed by atoms with Gasteiger partial charge in [-0.1, -0.05) is 30.4 Å². The Balaban J connectivity index is 1.63. The first-order valence-corrected chi connectivity index (χ1v) is 7.59. The highest BCUT2D eigenvalue weighted by molar-refractivity contribution is 7.15. The molecule has 1 amide bonds. The first-order chi connectivity index (χ1) is 10.3. The van der Waals surface area contributed by atoms with Gasteiger partial charge in [0.2, 0.25) is 11.2 Å². The molecule has 1 atom stereocenters. The van der Waals surface area contributed by atoms with E-state index >= 15 is 0 Å². The Bertz CT molecular complexity index is 644. The first-order valence-electron chi connectivity index (χ1n) is 6.78. The van der Waals surface area contributed by atoms with Crippen molar-refractivity contribution in [3.63, 3.8) is 0 Å². The molecule has 1 unspecified atom stereocenters. The molecule has 0 fully saturated rings. The number of nitrogens with one attached hydrogen (secondary N) is 1. The maximum Gasteiger partial charge on any atom is 0.270 e. The van der Waals surface area contributed by atoms with Gasteiger partial charge in [0.05, 0.1) is 0 Å². The van der Waals surface area contributed by atoms with E-state index in [1.807, 2.05) is 18.2 Å². The lowest BCUT2D eigenvalue weighted by atomic mass is 10.2. The van der Waals surface area contributed by atoms with E-state index in [2.05, 4.69) is 22.4 Å². The lowest BCUT2D eigenvalue weighted by Crippen LogP contribution is -2.40. The Morgan fingerprint density at radius 3 is 3.00 bits per heavy atom. The lowest BCUT2D eigenvalue weighted by Gasteiger charge is -2.25. The van der Waals surface area contributed by atoms with Gasteiger partial charge in [-0.3, -0.25) is 10.1 Å². The Kier molecular flexibility index (Phi) is 4.01. The zero-order valence-electron chi connectivity index (χ0n) is 11.5. The standard InChI is InChI=1S/C14H15N3O3S/c1-2-5-12-16-17-14(21-12)15-13(18)11-8-19-9-6-3-4-7-10(9)20-11/h3-4,6-7,11H,2,5,8H2,1H3,(H,15,17,18). The van der Waals surface area contributed by atoms with Gasteiger partial charge < -0.3 is 9.47 Å². The van der Waals surface area contributed by atoms with Crippen LogP contribution in [-0.4, -0.2) is 28.8 Å². The number of aromatic nitrogens is 2. The van der Waals surface area contributed by atoms with Crippen molar-refractivity contribution in [1.29, 1.82) is 0 Å². The number of amides is 1. The van der Waals surface area contributed by atoms with E-state index in [9.17, 15) is 4.79 Å². The number of carbonyl (C=O) groups is 1. The van der Waals surface area contributed by atoms with Crippen LogP contribution in [0.2, 0.25) is 0 Å². The fourth-order valence-electron chi connectivity index (χ4n) is 1.95. The van der Waals surface area contributed by atoms with Crippen LogP contribution in [0.15, 0.2) is 24.3 Å². The lowest BCUT2D eigenvalue weighted by molar-refractivity contribution is -0.125. The average molecular weight is 305 g/mol. The van der Waals surface area contributed by atoms with Gasteiger partial charge >= 0.3 is 0 Å². The molecule has 0 saturated carbocycles. The van der Waals surface area contributed by atoms with Gasteiger partial charge in [0.25, 0.3) is 5.91 Å². The van der Waals surface area contributed by atoms with E-state index in [-0.39, 0.29) is 12.5 Å². The number of nitrogens with zero attached hydrogens (tertiary/aromatic N) is 2. The maximum atomic E-state index is 12.2. The molecular weight excluding hydrogens is 290 g/mol. The van der Waals surface area contributed by atoms with Crippen molar-refractivity contribution in [2.75, 3.05) is 11.9 Å². The maximum absolute atomic E-state index is 12.2. The summed E-state index contributed by atoms with van der Waals surface area (Å²) in [6, 6.07) is 7.29. The van der Waals surface area contributed by atoms with Crippen LogP contribution in [0, 0.1) is 0 Å². The highest BCUT2D eigenvalue weighted by Gasteiger charge is 2.27. The minimum atomic E-state index is -0.682. The molecule has 0 bridgehead atoms. The van der Waals surface area contributed by atoms with Crippen LogP contribution in [-0.2, 0) is 11.2 Å². The van der Waals surface area contributed by atoms with Gasteiger partial charge in [-0.05, 0) is 18.6 Å². The number of para-hydroxylation sites is 2. The predicted octanol–water partition coefficient (Wildman–Crippen LogP) is 2.27. The minimum absolute atomic E-state index is 0.184. The molecule has 7 heteroatoms. The largest absolute Gasteiger partial charge is 0.485 e. The van der Waals surface area contributed by atoms with Gasteiger partial charge in [0.15, 0.2) is 11.5 Å². The van der Waals surface area contributed by atoms with E-state index in [4.69, 9.17) is 9.47 Å². The number of hydrogen-bond donors (Lipinski definition) is 1. The van der Waals surface area contributed by atoms with Gasteiger partial charge in [0, 0.05) is 6.42 Å². The number of fused-ring (bicyclic) bond motifs is 1. The summed E-state index contributed by atoms with van der Waals surface area (Å²) in [5.41, 5.74) is 0. The van der Waals surface area contributed by atoms with Gasteiger partial charge in [-0.2, -0.15) is 0 Å². The first kappa shape index (κ1) is 13.8. The number of hydrogen-bond acceptors (Lipinski definition) is 6. The summed E-state index contributed by atoms with van der Waals surface area (Å²) < 4.78 is 11.2. The van der Waals surface area contributed by atoms with Crippen molar-refractivity contribution in [3.05, 3.63) is 29.3 Å². The molecule has 1 aromatic carbocycles. The normalized spacial score (nSPS) is 16.5. The van der Waals surface area contributed by atoms with E-state index in [0.717, 1.165) is 17.8 Å². The van der Waals surface area contributed by atoms with Crippen molar-refractivity contribution in [1.82, 2.24) is 10.2 Å². The summed E-state index contributed by atoms with van der Waals surface area (Å²) in [6.07, 6.45) is 1.18. The fraction of sp³-hybridized carbons (Fsp3) is 0.357. The van der Waals surface area contributed by atoms with Crippen molar-refractivity contribution >= 4 is 22.4 Å². The molecule has 1 aromatic heterocycles. The van der Waals surface area contributed by atoms with E-state index in [0.29, 0.717) is 16.6 Å². The van der Waals surface area contributed by atoms with E-state index in [1.165, 1.54) is 11.3 Å². The van der Waals surface area contributed by atoms with Crippen molar-refractivity contribution in [2.45, 2.75) is 25.9 Å². The molecule has 0 radical (unpaired) electrons. The third-order valence-corrected chi connectivity index (χ3v) is 3.86. The monoisotopic (exact) mass is 305 g/mol. The quantitative estimate of drug-likeness (QED) is 0.938. The summed E-state index contributed by atoms with van der Waals surface area (Å²) in [7, 11) is 0. The zero-order valence-corrected chi connectivity index (χ0v) is 12.4. The Hall–Kier alpha value is -2.15. The highest BCUT2D eigenvalue weighted by Crippen LogP contribution is 2.31. The van der Waals surface area contributed by atoms with Crippen molar-refractivity contribution < 1.29 is 14.3 Å². The third-order valence-electron chi connectivity index (χ3n) is 2.96. The van der Waals surface area contributed by atoms with Crippen molar-refractivity contribution in [2.24, 2.45) is 0 Å². The average Bonchev–Trinajstić information content (AvgIpc) is 2.94. The molecule has 0 saturated heterocycles. The van der Waals surface area contributed by atoms with Gasteiger partial charge in [-0.15, -0.1) is 10.2 Å². The molecule has 0 spiro atoms. The molecule has 0 aliphatic carbocycles. The molecule has 110 valence electrons. The van der Waals surface area contributed by atoms with Crippen molar-refractivity contribution in [3.8, 4) is 11.5 Å². The van der Waals surface area contributed by atoms with Crippen LogP contribution in [0.3, 0.4) is 0 Å². The zero-order chi connectivity index (χ0) is 14.7. The number of ether oxygens (including phenoxy) is 2. The highest BCUT2D eigenvalue weighted by atomic mass is 32.1. The van der Waals surface area contributed by atoms with E-state index < -0.39 is 6.10 Å². The van der Waals surface area contributed by atoms with Crippen LogP contribution < -0.4 is 14.8 Å². The summed E-state index contributed by atoms with van der Waals surface area (Å²) in [4.78, 5) is 12.2. The second-order valence-electron chi connectivity index (χ2n) is 4.60. The summed E-state index contributed by atoms with van der Waals surface area (Å²) in [5, 5.41) is 12.1. The molecule has 3 rings (SSSR count). The van der Waals surface area contributed by atoms with Crippen LogP contribution in [0.4, 0.5) is 5.13 Å². The van der Waals surface area contributed by atoms with Gasteiger partial charge in [-0.25, -0.2) is 0 Å². The summed E-state index contributed by atoms with van der Waals surface area (Å²) in [6.45, 7) is 2.26. The number of rotatable bonds is 4. The fourth-order valence-corrected chi connectivity index (χ4v) is 2.80. The van der Waals surface area contributed by atoms with Crippen LogP contribution in [0.1, 0.15) is 18.4 Å². The van der Waals surface area contributed by atoms with Crippen LogP contribution in [0.5, 0.6) is 11.5 Å².